The van der Waals surface area contributed by atoms with Crippen LogP contribution in [0.2, 0.25) is 0 Å². The van der Waals surface area contributed by atoms with E-state index in [1.807, 2.05) is 0 Å². The lowest BCUT2D eigenvalue weighted by Crippen LogP contribution is -2.12. The minimum atomic E-state index is -5.53. The molecule has 4 nitrogen and oxygen atoms in total. The summed E-state index contributed by atoms with van der Waals surface area (Å²) in [4.78, 5) is -2.11. The Morgan fingerprint density at radius 2 is 1.22 bits per heavy atom. The third-order valence-corrected chi connectivity index (χ3v) is 4.84. The Labute approximate surface area is 154 Å². The molecule has 0 amide bonds. The van der Waals surface area contributed by atoms with Gasteiger partial charge in [0, 0.05) is 0 Å². The van der Waals surface area contributed by atoms with Crippen molar-refractivity contribution in [1.82, 2.24) is 0 Å². The van der Waals surface area contributed by atoms with E-state index in [2.05, 4.69) is 0 Å². The largest absolute Gasteiger partial charge is 0.450 e. The minimum Gasteiger partial charge on any atom is -0.450 e. The smallest absolute Gasteiger partial charge is 0.300 e. The molecular formula is C18H18F4O4S. The third-order valence-electron chi connectivity index (χ3n) is 3.96. The van der Waals surface area contributed by atoms with Crippen LogP contribution in [0.4, 0.5) is 17.6 Å². The van der Waals surface area contributed by atoms with Crippen LogP contribution >= 0.6 is 0 Å². The maximum absolute atomic E-state index is 14.3. The van der Waals surface area contributed by atoms with Gasteiger partial charge >= 0.3 is 10.1 Å². The first-order valence-corrected chi connectivity index (χ1v) is 9.46. The van der Waals surface area contributed by atoms with Crippen LogP contribution in [-0.2, 0) is 10.1 Å². The van der Waals surface area contributed by atoms with E-state index in [1.165, 1.54) is 0 Å². The number of halogens is 4. The summed E-state index contributed by atoms with van der Waals surface area (Å²) in [6, 6.07) is 4.99. The van der Waals surface area contributed by atoms with Gasteiger partial charge in [0.1, 0.15) is 5.75 Å². The van der Waals surface area contributed by atoms with Gasteiger partial charge in [0.25, 0.3) is 0 Å². The molecule has 0 bridgehead atoms. The maximum Gasteiger partial charge on any atom is 0.300 e. The van der Waals surface area contributed by atoms with E-state index in [1.54, 1.807) is 45.9 Å². The van der Waals surface area contributed by atoms with Crippen LogP contribution in [0.5, 0.6) is 11.5 Å². The molecule has 27 heavy (non-hydrogen) atoms. The first-order valence-electron chi connectivity index (χ1n) is 8.01. The molecule has 0 aliphatic rings. The molecule has 0 aliphatic carbocycles. The van der Waals surface area contributed by atoms with E-state index in [0.717, 1.165) is 0 Å². The minimum absolute atomic E-state index is 0.0266. The molecule has 2 rings (SSSR count). The fourth-order valence-electron chi connectivity index (χ4n) is 2.61. The molecule has 2 aromatic rings. The molecule has 0 fully saturated rings. The highest BCUT2D eigenvalue weighted by Crippen LogP contribution is 2.41. The van der Waals surface area contributed by atoms with E-state index < -0.39 is 44.0 Å². The number of hydrogen-bond acceptors (Lipinski definition) is 3. The van der Waals surface area contributed by atoms with E-state index >= 15 is 0 Å². The van der Waals surface area contributed by atoms with Crippen LogP contribution in [0.1, 0.15) is 50.7 Å². The molecule has 0 spiro atoms. The van der Waals surface area contributed by atoms with Crippen LogP contribution in [0, 0.1) is 23.3 Å². The Morgan fingerprint density at radius 1 is 0.815 bits per heavy atom. The average molecular weight is 406 g/mol. The van der Waals surface area contributed by atoms with Gasteiger partial charge in [0.05, 0.1) is 0 Å². The fraction of sp³-hybridized carbons (Fsp3) is 0.333. The fourth-order valence-corrected chi connectivity index (χ4v) is 3.24. The zero-order valence-electron chi connectivity index (χ0n) is 15.0. The van der Waals surface area contributed by atoms with Crippen LogP contribution in [0.3, 0.4) is 0 Å². The van der Waals surface area contributed by atoms with Gasteiger partial charge in [0.2, 0.25) is 17.4 Å². The monoisotopic (exact) mass is 406 g/mol. The molecule has 0 aromatic heterocycles. The van der Waals surface area contributed by atoms with Gasteiger partial charge in [0.15, 0.2) is 16.5 Å². The zero-order chi connectivity index (χ0) is 20.7. The number of rotatable bonds is 5. The number of ether oxygens (including phenoxy) is 1. The quantitative estimate of drug-likeness (QED) is 0.403. The first-order chi connectivity index (χ1) is 12.4. The molecule has 0 saturated carbocycles. The van der Waals surface area contributed by atoms with Gasteiger partial charge in [-0.15, -0.1) is 0 Å². The molecule has 148 valence electrons. The molecule has 2 aromatic carbocycles. The van der Waals surface area contributed by atoms with Crippen molar-refractivity contribution in [2.24, 2.45) is 0 Å². The highest BCUT2D eigenvalue weighted by atomic mass is 32.2. The second-order valence-corrected chi connectivity index (χ2v) is 7.92. The van der Waals surface area contributed by atoms with Gasteiger partial charge in [-0.1, -0.05) is 45.9 Å². The van der Waals surface area contributed by atoms with E-state index in [4.69, 9.17) is 9.29 Å². The van der Waals surface area contributed by atoms with Gasteiger partial charge in [-0.2, -0.15) is 17.2 Å². The molecule has 9 heteroatoms. The van der Waals surface area contributed by atoms with Gasteiger partial charge in [-0.3, -0.25) is 4.55 Å². The van der Waals surface area contributed by atoms with Crippen molar-refractivity contribution in [3.05, 3.63) is 52.6 Å². The van der Waals surface area contributed by atoms with Crippen LogP contribution in [-0.4, -0.2) is 13.0 Å². The summed E-state index contributed by atoms with van der Waals surface area (Å²) in [6.07, 6.45) is 0. The highest BCUT2D eigenvalue weighted by Gasteiger charge is 2.34. The molecule has 0 saturated heterocycles. The Balaban J connectivity index is 2.77. The van der Waals surface area contributed by atoms with Crippen molar-refractivity contribution in [2.45, 2.75) is 44.4 Å². The predicted molar refractivity (Wildman–Crippen MR) is 90.8 cm³/mol. The standard InChI is InChI=1S/C18H18F4O4S/c1-8(2)10-6-5-7-11(9(3)4)16(10)26-17-12(19)14(21)18(27(23,24)25)15(22)13(17)20/h5-9H,1-4H3,(H,23,24,25). The van der Waals surface area contributed by atoms with Crippen molar-refractivity contribution in [3.63, 3.8) is 0 Å². The molecule has 0 radical (unpaired) electrons. The van der Waals surface area contributed by atoms with E-state index in [-0.39, 0.29) is 17.6 Å². The van der Waals surface area contributed by atoms with E-state index in [0.29, 0.717) is 11.1 Å². The summed E-state index contributed by atoms with van der Waals surface area (Å²) < 4.78 is 92.8. The first kappa shape index (κ1) is 21.2. The zero-order valence-corrected chi connectivity index (χ0v) is 15.8. The Bertz CT molecular complexity index is 930. The van der Waals surface area contributed by atoms with Crippen molar-refractivity contribution in [3.8, 4) is 11.5 Å². The van der Waals surface area contributed by atoms with Crippen LogP contribution in [0.25, 0.3) is 0 Å². The summed E-state index contributed by atoms with van der Waals surface area (Å²) in [5, 5.41) is 0. The second kappa shape index (κ2) is 7.47. The van der Waals surface area contributed by atoms with Gasteiger partial charge in [-0.05, 0) is 23.0 Å². The number of benzene rings is 2. The lowest BCUT2D eigenvalue weighted by molar-refractivity contribution is 0.342. The molecule has 0 heterocycles. The second-order valence-electron chi connectivity index (χ2n) is 6.57. The Morgan fingerprint density at radius 3 is 1.56 bits per heavy atom. The molecular weight excluding hydrogens is 388 g/mol. The Hall–Kier alpha value is -2.13. The summed E-state index contributed by atoms with van der Waals surface area (Å²) in [7, 11) is -5.53. The Kier molecular flexibility index (Phi) is 5.86. The van der Waals surface area contributed by atoms with Gasteiger partial charge < -0.3 is 4.74 Å². The average Bonchev–Trinajstić information content (AvgIpc) is 2.55. The van der Waals surface area contributed by atoms with Crippen LogP contribution < -0.4 is 4.74 Å². The summed E-state index contributed by atoms with van der Waals surface area (Å²) >= 11 is 0. The van der Waals surface area contributed by atoms with Crippen molar-refractivity contribution in [1.29, 1.82) is 0 Å². The SMILES string of the molecule is CC(C)c1cccc(C(C)C)c1Oc1c(F)c(F)c(S(=O)(=O)O)c(F)c1F. The molecule has 0 atom stereocenters. The molecule has 0 aliphatic heterocycles. The molecule has 1 N–H and O–H groups in total. The van der Waals surface area contributed by atoms with E-state index in [9.17, 15) is 26.0 Å². The lowest BCUT2D eigenvalue weighted by Gasteiger charge is -2.20. The predicted octanol–water partition coefficient (Wildman–Crippen LogP) is 5.53. The van der Waals surface area contributed by atoms with Gasteiger partial charge in [-0.25, -0.2) is 8.78 Å². The summed E-state index contributed by atoms with van der Waals surface area (Å²) in [6.45, 7) is 7.17. The lowest BCUT2D eigenvalue weighted by atomic mass is 9.94. The van der Waals surface area contributed by atoms with Crippen molar-refractivity contribution >= 4 is 10.1 Å². The normalized spacial score (nSPS) is 12.1. The number of hydrogen-bond donors (Lipinski definition) is 1. The highest BCUT2D eigenvalue weighted by molar-refractivity contribution is 7.85. The molecule has 0 unspecified atom stereocenters. The number of para-hydroxylation sites is 1. The van der Waals surface area contributed by atoms with Crippen molar-refractivity contribution in [2.75, 3.05) is 0 Å². The summed E-state index contributed by atoms with van der Waals surface area (Å²) in [5.41, 5.74) is 1.08. The summed E-state index contributed by atoms with van der Waals surface area (Å²) in [5.74, 6) is -10.3. The third kappa shape index (κ3) is 3.93. The topological polar surface area (TPSA) is 63.6 Å². The maximum atomic E-state index is 14.3. The van der Waals surface area contributed by atoms with Crippen LogP contribution in [0.15, 0.2) is 23.1 Å². The van der Waals surface area contributed by atoms with Crippen molar-refractivity contribution < 1.29 is 35.3 Å².